The molecule has 0 radical (unpaired) electrons. The highest BCUT2D eigenvalue weighted by molar-refractivity contribution is 5.87. The lowest BCUT2D eigenvalue weighted by Crippen LogP contribution is -2.30. The molecule has 1 aromatic heterocycles. The smallest absolute Gasteiger partial charge is 0.410 e. The molecule has 0 spiro atoms. The molecule has 6 nitrogen and oxygen atoms in total. The molecule has 0 saturated heterocycles. The number of nitrogens with zero attached hydrogens (tertiary/aromatic N) is 2. The number of carbonyl (C=O) groups is 2. The van der Waals surface area contributed by atoms with Crippen LogP contribution in [-0.2, 0) is 11.3 Å². The van der Waals surface area contributed by atoms with Crippen LogP contribution in [0, 0.1) is 0 Å². The van der Waals surface area contributed by atoms with Gasteiger partial charge in [-0.1, -0.05) is 20.3 Å². The van der Waals surface area contributed by atoms with Crippen LogP contribution in [0.2, 0.25) is 0 Å². The summed E-state index contributed by atoms with van der Waals surface area (Å²) in [4.78, 5) is 29.0. The van der Waals surface area contributed by atoms with Gasteiger partial charge in [0.05, 0.1) is 30.5 Å². The quantitative estimate of drug-likeness (QED) is 0.844. The minimum absolute atomic E-state index is 0.142. The second-order valence-electron chi connectivity index (χ2n) is 5.09. The lowest BCUT2D eigenvalue weighted by atomic mass is 10.1. The van der Waals surface area contributed by atoms with E-state index in [4.69, 9.17) is 9.84 Å². The van der Waals surface area contributed by atoms with E-state index in [-0.39, 0.29) is 17.7 Å². The number of carboxylic acids is 1. The molecule has 1 aromatic rings. The van der Waals surface area contributed by atoms with Crippen molar-refractivity contribution in [3.8, 4) is 0 Å². The maximum Gasteiger partial charge on any atom is 0.410 e. The molecule has 6 heteroatoms. The number of aromatic carboxylic acids is 1. The van der Waals surface area contributed by atoms with E-state index in [2.05, 4.69) is 4.98 Å². The molecule has 1 aliphatic heterocycles. The van der Waals surface area contributed by atoms with E-state index in [1.807, 2.05) is 13.8 Å². The van der Waals surface area contributed by atoms with E-state index in [9.17, 15) is 9.59 Å². The Morgan fingerprint density at radius 1 is 1.48 bits per heavy atom. The Labute approximate surface area is 123 Å². The topological polar surface area (TPSA) is 79.7 Å². The van der Waals surface area contributed by atoms with E-state index in [0.29, 0.717) is 13.2 Å². The lowest BCUT2D eigenvalue weighted by Gasteiger charge is -2.22. The number of pyridine rings is 1. The monoisotopic (exact) mass is 292 g/mol. The second kappa shape index (κ2) is 6.56. The standard InChI is InChI=1S/C15H20N2O4/c1-3-5-6-21-15(20)17-9-11-7-10(14(18)19)8-16-13(11)12(17)4-2/h7-8,12H,3-6,9H2,1-2H3,(H,18,19). The van der Waals surface area contributed by atoms with Crippen molar-refractivity contribution >= 4 is 12.1 Å². The Bertz CT molecular complexity index is 544. The third-order valence-electron chi connectivity index (χ3n) is 3.63. The molecule has 0 bridgehead atoms. The summed E-state index contributed by atoms with van der Waals surface area (Å²) >= 11 is 0. The molecule has 2 heterocycles. The molecule has 114 valence electrons. The second-order valence-corrected chi connectivity index (χ2v) is 5.09. The van der Waals surface area contributed by atoms with Gasteiger partial charge in [0.1, 0.15) is 0 Å². The summed E-state index contributed by atoms with van der Waals surface area (Å²) in [5.74, 6) is -1.01. The average Bonchev–Trinajstić information content (AvgIpc) is 2.84. The van der Waals surface area contributed by atoms with Gasteiger partial charge in [0, 0.05) is 6.20 Å². The zero-order valence-corrected chi connectivity index (χ0v) is 12.3. The highest BCUT2D eigenvalue weighted by atomic mass is 16.6. The average molecular weight is 292 g/mol. The molecule has 1 atom stereocenters. The summed E-state index contributed by atoms with van der Waals surface area (Å²) in [5, 5.41) is 9.01. The maximum absolute atomic E-state index is 12.1. The third-order valence-corrected chi connectivity index (χ3v) is 3.63. The fraction of sp³-hybridized carbons (Fsp3) is 0.533. The first-order chi connectivity index (χ1) is 10.1. The van der Waals surface area contributed by atoms with E-state index in [0.717, 1.165) is 30.5 Å². The van der Waals surface area contributed by atoms with Crippen LogP contribution >= 0.6 is 0 Å². The van der Waals surface area contributed by atoms with Crippen LogP contribution in [0.4, 0.5) is 4.79 Å². The van der Waals surface area contributed by atoms with E-state index >= 15 is 0 Å². The Morgan fingerprint density at radius 3 is 2.86 bits per heavy atom. The Morgan fingerprint density at radius 2 is 2.24 bits per heavy atom. The largest absolute Gasteiger partial charge is 0.478 e. The molecule has 0 aliphatic carbocycles. The number of amides is 1. The molecule has 0 fully saturated rings. The normalized spacial score (nSPS) is 16.7. The highest BCUT2D eigenvalue weighted by Crippen LogP contribution is 2.35. The fourth-order valence-corrected chi connectivity index (χ4v) is 2.50. The van der Waals surface area contributed by atoms with Crippen molar-refractivity contribution in [2.45, 2.75) is 45.7 Å². The fourth-order valence-electron chi connectivity index (χ4n) is 2.50. The van der Waals surface area contributed by atoms with Crippen molar-refractivity contribution in [2.24, 2.45) is 0 Å². The number of rotatable bonds is 5. The number of fused-ring (bicyclic) bond motifs is 1. The number of ether oxygens (including phenoxy) is 1. The molecule has 1 amide bonds. The molecule has 0 saturated carbocycles. The van der Waals surface area contributed by atoms with Crippen molar-refractivity contribution in [3.05, 3.63) is 29.1 Å². The lowest BCUT2D eigenvalue weighted by molar-refractivity contribution is 0.0696. The van der Waals surface area contributed by atoms with E-state index in [1.54, 1.807) is 11.0 Å². The Kier molecular flexibility index (Phi) is 4.77. The summed E-state index contributed by atoms with van der Waals surface area (Å²) in [6.07, 6.45) is 3.51. The summed E-state index contributed by atoms with van der Waals surface area (Å²) in [6.45, 7) is 4.77. The first kappa shape index (κ1) is 15.3. The van der Waals surface area contributed by atoms with Crippen molar-refractivity contribution in [3.63, 3.8) is 0 Å². The summed E-state index contributed by atoms with van der Waals surface area (Å²) in [7, 11) is 0. The number of hydrogen-bond donors (Lipinski definition) is 1. The molecular formula is C15H20N2O4. The van der Waals surface area contributed by atoms with Crippen LogP contribution in [0.5, 0.6) is 0 Å². The molecule has 1 N–H and O–H groups in total. The molecule has 0 aromatic carbocycles. The number of unbranched alkanes of at least 4 members (excludes halogenated alkanes) is 1. The van der Waals surface area contributed by atoms with Crippen LogP contribution in [-0.4, -0.2) is 33.7 Å². The van der Waals surface area contributed by atoms with Gasteiger partial charge in [0.25, 0.3) is 0 Å². The van der Waals surface area contributed by atoms with Crippen LogP contribution in [0.15, 0.2) is 12.3 Å². The van der Waals surface area contributed by atoms with Crippen LogP contribution in [0.1, 0.15) is 60.8 Å². The molecule has 2 rings (SSSR count). The van der Waals surface area contributed by atoms with E-state index in [1.165, 1.54) is 6.20 Å². The number of carboxylic acid groups (broad SMARTS) is 1. The summed E-state index contributed by atoms with van der Waals surface area (Å²) in [5.41, 5.74) is 1.70. The minimum Gasteiger partial charge on any atom is -0.478 e. The third kappa shape index (κ3) is 3.15. The highest BCUT2D eigenvalue weighted by Gasteiger charge is 2.35. The van der Waals surface area contributed by atoms with Crippen LogP contribution < -0.4 is 0 Å². The van der Waals surface area contributed by atoms with Gasteiger partial charge < -0.3 is 9.84 Å². The number of hydrogen-bond acceptors (Lipinski definition) is 4. The van der Waals surface area contributed by atoms with Gasteiger partial charge in [-0.15, -0.1) is 0 Å². The Hall–Kier alpha value is -2.11. The van der Waals surface area contributed by atoms with Gasteiger partial charge in [0.15, 0.2) is 0 Å². The van der Waals surface area contributed by atoms with Gasteiger partial charge in [-0.25, -0.2) is 9.59 Å². The maximum atomic E-state index is 12.1. The van der Waals surface area contributed by atoms with Crippen molar-refractivity contribution in [2.75, 3.05) is 6.61 Å². The summed E-state index contributed by atoms with van der Waals surface area (Å²) < 4.78 is 5.25. The number of carbonyl (C=O) groups excluding carboxylic acids is 1. The predicted molar refractivity (Wildman–Crippen MR) is 76.0 cm³/mol. The van der Waals surface area contributed by atoms with E-state index < -0.39 is 5.97 Å². The van der Waals surface area contributed by atoms with Crippen molar-refractivity contribution in [1.82, 2.24) is 9.88 Å². The molecule has 21 heavy (non-hydrogen) atoms. The predicted octanol–water partition coefficient (Wildman–Crippen LogP) is 2.98. The van der Waals surface area contributed by atoms with Crippen molar-refractivity contribution in [1.29, 1.82) is 0 Å². The van der Waals surface area contributed by atoms with Gasteiger partial charge in [-0.05, 0) is 24.5 Å². The Balaban J connectivity index is 2.16. The molecule has 1 unspecified atom stereocenters. The molecular weight excluding hydrogens is 272 g/mol. The summed E-state index contributed by atoms with van der Waals surface area (Å²) in [6, 6.07) is 1.45. The van der Waals surface area contributed by atoms with Gasteiger partial charge in [-0.2, -0.15) is 0 Å². The van der Waals surface area contributed by atoms with Gasteiger partial charge >= 0.3 is 12.1 Å². The van der Waals surface area contributed by atoms with Crippen molar-refractivity contribution < 1.29 is 19.4 Å². The first-order valence-corrected chi connectivity index (χ1v) is 7.24. The van der Waals surface area contributed by atoms with Crippen LogP contribution in [0.25, 0.3) is 0 Å². The first-order valence-electron chi connectivity index (χ1n) is 7.24. The zero-order chi connectivity index (χ0) is 15.4. The molecule has 1 aliphatic rings. The minimum atomic E-state index is -1.01. The number of aromatic nitrogens is 1. The van der Waals surface area contributed by atoms with Gasteiger partial charge in [-0.3, -0.25) is 9.88 Å². The zero-order valence-electron chi connectivity index (χ0n) is 12.3. The van der Waals surface area contributed by atoms with Gasteiger partial charge in [0.2, 0.25) is 0 Å². The van der Waals surface area contributed by atoms with Crippen LogP contribution in [0.3, 0.4) is 0 Å². The SMILES string of the molecule is CCCCOC(=O)N1Cc2cc(C(=O)O)cnc2C1CC.